The summed E-state index contributed by atoms with van der Waals surface area (Å²) in [6, 6.07) is 0. The van der Waals surface area contributed by atoms with Crippen LogP contribution in [0.1, 0.15) is 5.82 Å². The first-order chi connectivity index (χ1) is 3.93. The summed E-state index contributed by atoms with van der Waals surface area (Å²) < 4.78 is 0. The summed E-state index contributed by atoms with van der Waals surface area (Å²) in [7, 11) is 0. The Hall–Kier alpha value is -0.900. The molecule has 0 saturated carbocycles. The van der Waals surface area contributed by atoms with Gasteiger partial charge in [-0.2, -0.15) is 0 Å². The molecule has 0 fully saturated rings. The fraction of sp³-hybridized carbons (Fsp3) is 0. The van der Waals surface area contributed by atoms with E-state index in [1.807, 2.05) is 0 Å². The van der Waals surface area contributed by atoms with Crippen LogP contribution in [0.15, 0.2) is 12.7 Å². The minimum absolute atomic E-state index is 0.537. The van der Waals surface area contributed by atoms with Crippen LogP contribution < -0.4 is 0 Å². The largest absolute Gasteiger partial charge is 0.225 e. The zero-order chi connectivity index (χ0) is 5.82. The van der Waals surface area contributed by atoms with Crippen LogP contribution >= 0.6 is 12.2 Å². The highest BCUT2D eigenvalue weighted by atomic mass is 32.1. The molecule has 0 saturated heterocycles. The van der Waals surface area contributed by atoms with Gasteiger partial charge in [0.15, 0.2) is 5.82 Å². The molecule has 0 radical (unpaired) electrons. The molecule has 0 aliphatic heterocycles. The van der Waals surface area contributed by atoms with Crippen molar-refractivity contribution in [3.8, 4) is 0 Å². The second kappa shape index (κ2) is 2.42. The lowest BCUT2D eigenvalue weighted by Crippen LogP contribution is -1.89. The highest BCUT2D eigenvalue weighted by molar-refractivity contribution is 7.79. The molecule has 3 nitrogen and oxygen atoms in total. The fourth-order valence-electron chi connectivity index (χ4n) is 0.309. The van der Waals surface area contributed by atoms with Crippen molar-refractivity contribution in [2.75, 3.05) is 0 Å². The monoisotopic (exact) mass is 125 g/mol. The molecule has 0 atom stereocenters. The molecule has 1 aromatic rings. The van der Waals surface area contributed by atoms with Gasteiger partial charge in [0.2, 0.25) is 0 Å². The molecule has 0 unspecified atom stereocenters. The van der Waals surface area contributed by atoms with Gasteiger partial charge in [-0.3, -0.25) is 0 Å². The van der Waals surface area contributed by atoms with Crippen molar-refractivity contribution in [2.45, 2.75) is 0 Å². The minimum Gasteiger partial charge on any atom is -0.225 e. The van der Waals surface area contributed by atoms with E-state index in [1.54, 1.807) is 0 Å². The molecule has 0 aromatic carbocycles. The summed E-state index contributed by atoms with van der Waals surface area (Å²) in [6.45, 7) is 0. The van der Waals surface area contributed by atoms with Crippen molar-refractivity contribution in [1.29, 1.82) is 0 Å². The minimum atomic E-state index is 0.537. The van der Waals surface area contributed by atoms with Gasteiger partial charge in [-0.15, -0.1) is 0 Å². The first kappa shape index (κ1) is 5.24. The Labute approximate surface area is 51.8 Å². The molecule has 1 rings (SSSR count). The smallest absolute Gasteiger partial charge is 0.166 e. The third-order valence-corrected chi connectivity index (χ3v) is 0.830. The number of rotatable bonds is 1. The molecule has 0 bridgehead atoms. The summed E-state index contributed by atoms with van der Waals surface area (Å²) >= 11 is 4.54. The molecule has 1 heterocycles. The van der Waals surface area contributed by atoms with E-state index < -0.39 is 0 Å². The average molecular weight is 125 g/mol. The van der Waals surface area contributed by atoms with Gasteiger partial charge in [0.05, 0.1) is 0 Å². The van der Waals surface area contributed by atoms with E-state index in [4.69, 9.17) is 0 Å². The Balaban J connectivity index is 2.99. The lowest BCUT2D eigenvalue weighted by molar-refractivity contribution is 1.03. The molecule has 0 aliphatic carbocycles. The fourth-order valence-corrected chi connectivity index (χ4v) is 0.431. The Kier molecular flexibility index (Phi) is 1.58. The predicted octanol–water partition coefficient (Wildman–Crippen LogP) is 0.219. The van der Waals surface area contributed by atoms with Crippen molar-refractivity contribution >= 4 is 17.6 Å². The molecular weight excluding hydrogens is 122 g/mol. The lowest BCUT2D eigenvalue weighted by Gasteiger charge is -1.81. The highest BCUT2D eigenvalue weighted by Gasteiger charge is 1.81. The average Bonchev–Trinajstić information content (AvgIpc) is 1.90. The van der Waals surface area contributed by atoms with E-state index in [9.17, 15) is 0 Å². The van der Waals surface area contributed by atoms with Gasteiger partial charge in [0.25, 0.3) is 0 Å². The van der Waals surface area contributed by atoms with Crippen LogP contribution in [-0.4, -0.2) is 20.3 Å². The zero-order valence-electron chi connectivity index (χ0n) is 3.98. The molecule has 0 aliphatic rings. The number of hydrogen-bond acceptors (Lipinski definition) is 4. The summed E-state index contributed by atoms with van der Waals surface area (Å²) in [5.41, 5.74) is 0. The normalized spacial score (nSPS) is 8.50. The van der Waals surface area contributed by atoms with Crippen molar-refractivity contribution in [2.24, 2.45) is 0 Å². The molecule has 4 heteroatoms. The second-order valence-corrected chi connectivity index (χ2v) is 1.35. The summed E-state index contributed by atoms with van der Waals surface area (Å²) in [6.07, 6.45) is 2.82. The molecule has 40 valence electrons. The van der Waals surface area contributed by atoms with Crippen LogP contribution in [0.3, 0.4) is 0 Å². The van der Waals surface area contributed by atoms with E-state index >= 15 is 0 Å². The molecule has 1 aromatic heterocycles. The number of nitrogens with zero attached hydrogens (tertiary/aromatic N) is 3. The molecule has 0 spiro atoms. The van der Waals surface area contributed by atoms with Crippen molar-refractivity contribution in [3.63, 3.8) is 0 Å². The van der Waals surface area contributed by atoms with Gasteiger partial charge in [0, 0.05) is 5.37 Å². The van der Waals surface area contributed by atoms with Crippen LogP contribution in [0.25, 0.3) is 0 Å². The Morgan fingerprint density at radius 3 is 2.38 bits per heavy atom. The molecule has 0 amide bonds. The van der Waals surface area contributed by atoms with Crippen molar-refractivity contribution < 1.29 is 0 Å². The topological polar surface area (TPSA) is 38.7 Å². The maximum absolute atomic E-state index is 4.54. The molecule has 8 heavy (non-hydrogen) atoms. The summed E-state index contributed by atoms with van der Waals surface area (Å²) in [5.74, 6) is 0.537. The quantitative estimate of drug-likeness (QED) is 0.503. The second-order valence-electron chi connectivity index (χ2n) is 1.11. The van der Waals surface area contributed by atoms with Gasteiger partial charge < -0.3 is 0 Å². The van der Waals surface area contributed by atoms with Crippen LogP contribution in [0.5, 0.6) is 0 Å². The number of thiocarbonyl (C=S) groups is 1. The third-order valence-electron chi connectivity index (χ3n) is 0.619. The maximum Gasteiger partial charge on any atom is 0.166 e. The predicted molar refractivity (Wildman–Crippen MR) is 32.6 cm³/mol. The van der Waals surface area contributed by atoms with E-state index in [1.165, 1.54) is 18.0 Å². The van der Waals surface area contributed by atoms with E-state index in [0.29, 0.717) is 5.82 Å². The Morgan fingerprint density at radius 1 is 1.38 bits per heavy atom. The van der Waals surface area contributed by atoms with Crippen LogP contribution in [-0.2, 0) is 0 Å². The zero-order valence-corrected chi connectivity index (χ0v) is 4.80. The maximum atomic E-state index is 4.54. The highest BCUT2D eigenvalue weighted by Crippen LogP contribution is 1.75. The van der Waals surface area contributed by atoms with Crippen LogP contribution in [0.2, 0.25) is 0 Å². The Bertz CT molecular complexity index is 174. The van der Waals surface area contributed by atoms with E-state index in [2.05, 4.69) is 27.2 Å². The number of hydrogen-bond donors (Lipinski definition) is 0. The first-order valence-corrected chi connectivity index (χ1v) is 2.48. The SMILES string of the molecule is S=Cc1ncncn1. The van der Waals surface area contributed by atoms with Gasteiger partial charge in [0.1, 0.15) is 12.7 Å². The summed E-state index contributed by atoms with van der Waals surface area (Å²) in [5, 5.41) is 1.40. The first-order valence-electron chi connectivity index (χ1n) is 2.00. The lowest BCUT2D eigenvalue weighted by atomic mass is 10.7. The molecule has 0 N–H and O–H groups in total. The standard InChI is InChI=1S/C4H3N3S/c8-1-4-6-2-5-3-7-4/h1-3H. The van der Waals surface area contributed by atoms with Crippen LogP contribution in [0.4, 0.5) is 0 Å². The van der Waals surface area contributed by atoms with Gasteiger partial charge in [-0.25, -0.2) is 15.0 Å². The van der Waals surface area contributed by atoms with Gasteiger partial charge in [-0.1, -0.05) is 12.2 Å². The van der Waals surface area contributed by atoms with Crippen LogP contribution in [0, 0.1) is 0 Å². The van der Waals surface area contributed by atoms with E-state index in [-0.39, 0.29) is 0 Å². The third kappa shape index (κ3) is 1.04. The van der Waals surface area contributed by atoms with Gasteiger partial charge >= 0.3 is 0 Å². The molecular formula is C4H3N3S. The summed E-state index contributed by atoms with van der Waals surface area (Å²) in [4.78, 5) is 11.0. The van der Waals surface area contributed by atoms with Crippen molar-refractivity contribution in [1.82, 2.24) is 15.0 Å². The number of aromatic nitrogens is 3. The van der Waals surface area contributed by atoms with Crippen molar-refractivity contribution in [3.05, 3.63) is 18.5 Å². The van der Waals surface area contributed by atoms with Gasteiger partial charge in [-0.05, 0) is 0 Å². The van der Waals surface area contributed by atoms with E-state index in [0.717, 1.165) is 0 Å². The Morgan fingerprint density at radius 2 is 2.00 bits per heavy atom.